The molecule has 3 rings (SSSR count). The maximum absolute atomic E-state index is 11.8. The molecule has 1 fully saturated rings. The molecule has 0 atom stereocenters. The Labute approximate surface area is 178 Å². The van der Waals surface area contributed by atoms with Crippen molar-refractivity contribution < 1.29 is 9.53 Å². The number of carbonyl (C=O) groups is 1. The van der Waals surface area contributed by atoms with Gasteiger partial charge in [0.15, 0.2) is 5.96 Å². The number of esters is 1. The maximum Gasteiger partial charge on any atom is 0.308 e. The number of aryl methyl sites for hydroxylation is 1. The summed E-state index contributed by atoms with van der Waals surface area (Å²) in [7, 11) is 1.46. The molecule has 0 unspecified atom stereocenters. The van der Waals surface area contributed by atoms with Gasteiger partial charge in [0.05, 0.1) is 13.0 Å². The summed E-state index contributed by atoms with van der Waals surface area (Å²) in [6.07, 6.45) is 5.11. The van der Waals surface area contributed by atoms with E-state index in [1.165, 1.54) is 12.7 Å². The van der Waals surface area contributed by atoms with Gasteiger partial charge in [-0.2, -0.15) is 0 Å². The predicted octanol–water partition coefficient (Wildman–Crippen LogP) is 1.91. The zero-order chi connectivity index (χ0) is 21.2. The van der Waals surface area contributed by atoms with Crippen molar-refractivity contribution in [2.75, 3.05) is 33.3 Å². The first-order valence-corrected chi connectivity index (χ1v) is 10.7. The number of piperidine rings is 1. The lowest BCUT2D eigenvalue weighted by atomic mass is 9.97. The van der Waals surface area contributed by atoms with Gasteiger partial charge in [-0.05, 0) is 24.8 Å². The highest BCUT2D eigenvalue weighted by Gasteiger charge is 2.27. The van der Waals surface area contributed by atoms with Crippen LogP contribution in [0.1, 0.15) is 31.2 Å². The van der Waals surface area contributed by atoms with Crippen molar-refractivity contribution in [2.45, 2.75) is 39.2 Å². The summed E-state index contributed by atoms with van der Waals surface area (Å²) in [5.74, 6) is 1.77. The minimum absolute atomic E-state index is 0.0130. The van der Waals surface area contributed by atoms with Crippen LogP contribution in [0, 0.1) is 5.92 Å². The van der Waals surface area contributed by atoms with E-state index in [4.69, 9.17) is 9.73 Å². The molecule has 8 heteroatoms. The van der Waals surface area contributed by atoms with Crippen molar-refractivity contribution in [1.29, 1.82) is 0 Å². The first kappa shape index (κ1) is 21.8. The number of hydrogen-bond donors (Lipinski definition) is 1. The molecule has 1 N–H and O–H groups in total. The topological polar surface area (TPSA) is 84.6 Å². The number of rotatable bonds is 8. The van der Waals surface area contributed by atoms with Crippen molar-refractivity contribution in [3.8, 4) is 0 Å². The van der Waals surface area contributed by atoms with Crippen LogP contribution in [0.15, 0.2) is 41.7 Å². The van der Waals surface area contributed by atoms with Crippen LogP contribution >= 0.6 is 0 Å². The average molecular weight is 413 g/mol. The Hall–Kier alpha value is -2.90. The van der Waals surface area contributed by atoms with Crippen molar-refractivity contribution in [2.24, 2.45) is 10.9 Å². The maximum atomic E-state index is 11.8. The number of carbonyl (C=O) groups excluding carboxylic acids is 1. The highest BCUT2D eigenvalue weighted by atomic mass is 16.5. The Morgan fingerprint density at radius 1 is 1.27 bits per heavy atom. The summed E-state index contributed by atoms with van der Waals surface area (Å²) in [5.41, 5.74) is 1.28. The minimum Gasteiger partial charge on any atom is -0.469 e. The molecule has 0 aliphatic carbocycles. The van der Waals surface area contributed by atoms with Crippen LogP contribution in [-0.2, 0) is 28.9 Å². The largest absolute Gasteiger partial charge is 0.469 e. The number of guanidine groups is 1. The lowest BCUT2D eigenvalue weighted by molar-refractivity contribution is -0.146. The second-order valence-corrected chi connectivity index (χ2v) is 7.45. The second kappa shape index (κ2) is 11.3. The Morgan fingerprint density at radius 3 is 2.73 bits per heavy atom. The zero-order valence-electron chi connectivity index (χ0n) is 18.0. The van der Waals surface area contributed by atoms with Crippen molar-refractivity contribution in [3.63, 3.8) is 0 Å². The fourth-order valence-electron chi connectivity index (χ4n) is 3.72. The second-order valence-electron chi connectivity index (χ2n) is 7.45. The van der Waals surface area contributed by atoms with E-state index in [0.29, 0.717) is 0 Å². The minimum atomic E-state index is -0.107. The molecule has 0 amide bonds. The number of likely N-dealkylation sites (tertiary alicyclic amines) is 1. The van der Waals surface area contributed by atoms with Crippen LogP contribution in [0.4, 0.5) is 0 Å². The first-order chi connectivity index (χ1) is 14.7. The van der Waals surface area contributed by atoms with Gasteiger partial charge < -0.3 is 19.5 Å². The van der Waals surface area contributed by atoms with Crippen LogP contribution in [-0.4, -0.2) is 64.9 Å². The number of ether oxygens (including phenoxy) is 1. The zero-order valence-corrected chi connectivity index (χ0v) is 18.0. The van der Waals surface area contributed by atoms with E-state index >= 15 is 0 Å². The van der Waals surface area contributed by atoms with Gasteiger partial charge in [-0.25, -0.2) is 0 Å². The summed E-state index contributed by atoms with van der Waals surface area (Å²) in [5, 5.41) is 11.6. The summed E-state index contributed by atoms with van der Waals surface area (Å²) in [6.45, 7) is 5.91. The van der Waals surface area contributed by atoms with Gasteiger partial charge >= 0.3 is 5.97 Å². The van der Waals surface area contributed by atoms with E-state index in [2.05, 4.69) is 56.2 Å². The molecule has 1 aliphatic rings. The van der Waals surface area contributed by atoms with Crippen LogP contribution in [0.2, 0.25) is 0 Å². The fraction of sp³-hybridized carbons (Fsp3) is 0.545. The number of benzene rings is 1. The quantitative estimate of drug-likeness (QED) is 0.405. The van der Waals surface area contributed by atoms with Gasteiger partial charge in [-0.1, -0.05) is 37.3 Å². The number of methoxy groups -OCH3 is 1. The Balaban J connectivity index is 1.59. The van der Waals surface area contributed by atoms with E-state index in [0.717, 1.165) is 70.2 Å². The van der Waals surface area contributed by atoms with Crippen LogP contribution < -0.4 is 5.32 Å². The number of nitrogens with one attached hydrogen (secondary N) is 1. The molecule has 8 nitrogen and oxygen atoms in total. The highest BCUT2D eigenvalue weighted by Crippen LogP contribution is 2.18. The third-order valence-corrected chi connectivity index (χ3v) is 5.48. The summed E-state index contributed by atoms with van der Waals surface area (Å²) in [4.78, 5) is 19.0. The number of hydrogen-bond acceptors (Lipinski definition) is 5. The fourth-order valence-corrected chi connectivity index (χ4v) is 3.72. The molecule has 1 saturated heterocycles. The monoisotopic (exact) mass is 412 g/mol. The molecule has 0 bridgehead atoms. The van der Waals surface area contributed by atoms with Gasteiger partial charge in [0, 0.05) is 39.1 Å². The van der Waals surface area contributed by atoms with E-state index < -0.39 is 0 Å². The van der Waals surface area contributed by atoms with E-state index in [-0.39, 0.29) is 11.9 Å². The van der Waals surface area contributed by atoms with Gasteiger partial charge in [-0.3, -0.25) is 9.79 Å². The summed E-state index contributed by atoms with van der Waals surface area (Å²) < 4.78 is 6.98. The van der Waals surface area contributed by atoms with E-state index in [1.807, 2.05) is 6.07 Å². The summed E-state index contributed by atoms with van der Waals surface area (Å²) in [6, 6.07) is 10.4. The molecule has 0 spiro atoms. The average Bonchev–Trinajstić information content (AvgIpc) is 3.26. The molecule has 2 aromatic rings. The third kappa shape index (κ3) is 6.05. The molecule has 1 aliphatic heterocycles. The van der Waals surface area contributed by atoms with Crippen LogP contribution in [0.25, 0.3) is 0 Å². The molecular weight excluding hydrogens is 380 g/mol. The molecular formula is C22H32N6O2. The van der Waals surface area contributed by atoms with Gasteiger partial charge in [0.25, 0.3) is 0 Å². The smallest absolute Gasteiger partial charge is 0.308 e. The van der Waals surface area contributed by atoms with Crippen LogP contribution in [0.5, 0.6) is 0 Å². The van der Waals surface area contributed by atoms with Gasteiger partial charge in [0.1, 0.15) is 12.2 Å². The lowest BCUT2D eigenvalue weighted by Gasteiger charge is -2.33. The lowest BCUT2D eigenvalue weighted by Crippen LogP contribution is -2.47. The highest BCUT2D eigenvalue weighted by molar-refractivity contribution is 5.80. The normalized spacial score (nSPS) is 15.3. The number of nitrogens with zero attached hydrogens (tertiary/aromatic N) is 5. The van der Waals surface area contributed by atoms with Crippen molar-refractivity contribution in [3.05, 3.63) is 48.0 Å². The predicted molar refractivity (Wildman–Crippen MR) is 116 cm³/mol. The Bertz CT molecular complexity index is 812. The SMILES string of the molecule is CCc1nncn1CCNC(=NCCc1ccccc1)N1CCC(C(=O)OC)CC1. The van der Waals surface area contributed by atoms with E-state index in [9.17, 15) is 4.79 Å². The number of aromatic nitrogens is 3. The number of aliphatic imine (C=N–C) groups is 1. The molecule has 0 saturated carbocycles. The molecule has 162 valence electrons. The summed E-state index contributed by atoms with van der Waals surface area (Å²) >= 11 is 0. The molecule has 1 aromatic heterocycles. The molecule has 2 heterocycles. The molecule has 30 heavy (non-hydrogen) atoms. The third-order valence-electron chi connectivity index (χ3n) is 5.48. The van der Waals surface area contributed by atoms with Crippen molar-refractivity contribution in [1.82, 2.24) is 25.0 Å². The van der Waals surface area contributed by atoms with Gasteiger partial charge in [0.2, 0.25) is 0 Å². The molecule has 1 aromatic carbocycles. The molecule has 0 radical (unpaired) electrons. The van der Waals surface area contributed by atoms with Gasteiger partial charge in [-0.15, -0.1) is 10.2 Å². The van der Waals surface area contributed by atoms with Crippen LogP contribution in [0.3, 0.4) is 0 Å². The van der Waals surface area contributed by atoms with Crippen molar-refractivity contribution >= 4 is 11.9 Å². The Kier molecular flexibility index (Phi) is 8.23. The first-order valence-electron chi connectivity index (χ1n) is 10.7. The van der Waals surface area contributed by atoms with E-state index in [1.54, 1.807) is 6.33 Å². The standard InChI is InChI=1S/C22H32N6O2/c1-3-20-26-25-17-28(20)16-13-24-22(23-12-9-18-7-5-4-6-8-18)27-14-10-19(11-15-27)21(29)30-2/h4-8,17,19H,3,9-16H2,1-2H3,(H,23,24). The Morgan fingerprint density at radius 2 is 2.03 bits per heavy atom.